The molecular formula is C15H13FN2O4S. The summed E-state index contributed by atoms with van der Waals surface area (Å²) in [7, 11) is -3.91. The van der Waals surface area contributed by atoms with E-state index in [0.29, 0.717) is 18.8 Å². The van der Waals surface area contributed by atoms with Crippen LogP contribution in [0.1, 0.15) is 0 Å². The molecule has 1 aliphatic heterocycles. The number of hydrogen-bond donors (Lipinski definition) is 1. The van der Waals surface area contributed by atoms with Crippen LogP contribution < -0.4 is 9.62 Å². The number of benzene rings is 2. The van der Waals surface area contributed by atoms with Crippen molar-refractivity contribution in [3.05, 3.63) is 54.3 Å². The number of carbonyl (C=O) groups excluding carboxylic acids is 1. The Morgan fingerprint density at radius 2 is 1.78 bits per heavy atom. The highest BCUT2D eigenvalue weighted by molar-refractivity contribution is 7.92. The zero-order chi connectivity index (χ0) is 16.4. The summed E-state index contributed by atoms with van der Waals surface area (Å²) in [5.41, 5.74) is 0.414. The molecule has 3 rings (SSSR count). The molecule has 1 amide bonds. The summed E-state index contributed by atoms with van der Waals surface area (Å²) in [6, 6.07) is 11.2. The molecule has 0 aliphatic carbocycles. The zero-order valence-electron chi connectivity index (χ0n) is 11.9. The second-order valence-corrected chi connectivity index (χ2v) is 6.53. The minimum atomic E-state index is -3.91. The van der Waals surface area contributed by atoms with Crippen LogP contribution in [0.15, 0.2) is 53.4 Å². The Labute approximate surface area is 132 Å². The average Bonchev–Trinajstić information content (AvgIpc) is 2.96. The topological polar surface area (TPSA) is 75.7 Å². The number of para-hydroxylation sites is 1. The first kappa shape index (κ1) is 15.3. The van der Waals surface area contributed by atoms with Crippen molar-refractivity contribution in [1.29, 1.82) is 0 Å². The standard InChI is InChI=1S/C15H13FN2O4S/c16-13-3-1-2-4-14(13)17-23(20,21)12-7-5-11(6-8-12)18-9-10-22-15(18)19/h1-8,17H,9-10H2. The highest BCUT2D eigenvalue weighted by Crippen LogP contribution is 2.23. The molecule has 8 heteroatoms. The van der Waals surface area contributed by atoms with E-state index in [0.717, 1.165) is 0 Å². The first-order valence-electron chi connectivity index (χ1n) is 6.79. The SMILES string of the molecule is O=C1OCCN1c1ccc(S(=O)(=O)Nc2ccccc2F)cc1. The second-order valence-electron chi connectivity index (χ2n) is 4.85. The van der Waals surface area contributed by atoms with Gasteiger partial charge in [0.25, 0.3) is 10.0 Å². The van der Waals surface area contributed by atoms with E-state index in [9.17, 15) is 17.6 Å². The van der Waals surface area contributed by atoms with Crippen LogP contribution in [-0.4, -0.2) is 27.7 Å². The lowest BCUT2D eigenvalue weighted by molar-refractivity contribution is 0.181. The first-order chi connectivity index (χ1) is 11.0. The molecule has 2 aromatic carbocycles. The van der Waals surface area contributed by atoms with Gasteiger partial charge >= 0.3 is 6.09 Å². The van der Waals surface area contributed by atoms with Crippen LogP contribution in [0.25, 0.3) is 0 Å². The van der Waals surface area contributed by atoms with Crippen molar-refractivity contribution in [3.63, 3.8) is 0 Å². The highest BCUT2D eigenvalue weighted by atomic mass is 32.2. The van der Waals surface area contributed by atoms with Gasteiger partial charge in [-0.3, -0.25) is 9.62 Å². The number of carbonyl (C=O) groups is 1. The predicted octanol–water partition coefficient (Wildman–Crippen LogP) is 2.58. The van der Waals surface area contributed by atoms with E-state index in [4.69, 9.17) is 4.74 Å². The molecule has 6 nitrogen and oxygen atoms in total. The van der Waals surface area contributed by atoms with E-state index >= 15 is 0 Å². The molecule has 0 atom stereocenters. The number of hydrogen-bond acceptors (Lipinski definition) is 4. The van der Waals surface area contributed by atoms with E-state index in [1.54, 1.807) is 0 Å². The highest BCUT2D eigenvalue weighted by Gasteiger charge is 2.24. The minimum Gasteiger partial charge on any atom is -0.447 e. The van der Waals surface area contributed by atoms with Crippen molar-refractivity contribution in [2.24, 2.45) is 0 Å². The number of ether oxygens (including phenoxy) is 1. The molecule has 1 aliphatic rings. The largest absolute Gasteiger partial charge is 0.447 e. The first-order valence-corrected chi connectivity index (χ1v) is 8.27. The van der Waals surface area contributed by atoms with Crippen LogP contribution in [0, 0.1) is 5.82 Å². The number of anilines is 2. The smallest absolute Gasteiger partial charge is 0.414 e. The Morgan fingerprint density at radius 3 is 2.39 bits per heavy atom. The van der Waals surface area contributed by atoms with Gasteiger partial charge in [-0.2, -0.15) is 0 Å². The number of rotatable bonds is 4. The third kappa shape index (κ3) is 3.11. The number of sulfonamides is 1. The average molecular weight is 336 g/mol. The maximum atomic E-state index is 13.6. The molecule has 120 valence electrons. The van der Waals surface area contributed by atoms with Gasteiger partial charge in [0.2, 0.25) is 0 Å². The van der Waals surface area contributed by atoms with Gasteiger partial charge in [0.05, 0.1) is 17.1 Å². The van der Waals surface area contributed by atoms with Crippen LogP contribution >= 0.6 is 0 Å². The summed E-state index contributed by atoms with van der Waals surface area (Å²) in [5, 5.41) is 0. The molecule has 0 aromatic heterocycles. The summed E-state index contributed by atoms with van der Waals surface area (Å²) in [4.78, 5) is 12.8. The Balaban J connectivity index is 1.83. The fraction of sp³-hybridized carbons (Fsp3) is 0.133. The van der Waals surface area contributed by atoms with Gasteiger partial charge in [0, 0.05) is 5.69 Å². The van der Waals surface area contributed by atoms with Gasteiger partial charge in [-0.1, -0.05) is 12.1 Å². The molecule has 0 bridgehead atoms. The Bertz CT molecular complexity index is 837. The molecule has 0 radical (unpaired) electrons. The van der Waals surface area contributed by atoms with Crippen molar-refractivity contribution in [3.8, 4) is 0 Å². The number of nitrogens with zero attached hydrogens (tertiary/aromatic N) is 1. The van der Waals surface area contributed by atoms with Gasteiger partial charge in [-0.15, -0.1) is 0 Å². The van der Waals surface area contributed by atoms with Crippen molar-refractivity contribution >= 4 is 27.5 Å². The van der Waals surface area contributed by atoms with Gasteiger partial charge in [-0.05, 0) is 36.4 Å². The van der Waals surface area contributed by atoms with E-state index in [2.05, 4.69) is 4.72 Å². The van der Waals surface area contributed by atoms with Crippen molar-refractivity contribution in [2.45, 2.75) is 4.90 Å². The molecule has 0 spiro atoms. The van der Waals surface area contributed by atoms with E-state index in [1.165, 1.54) is 53.4 Å². The third-order valence-electron chi connectivity index (χ3n) is 3.34. The van der Waals surface area contributed by atoms with Crippen LogP contribution in [0.2, 0.25) is 0 Å². The van der Waals surface area contributed by atoms with Crippen molar-refractivity contribution in [2.75, 3.05) is 22.8 Å². The minimum absolute atomic E-state index is 0.0305. The van der Waals surface area contributed by atoms with Gasteiger partial charge in [0.15, 0.2) is 0 Å². The number of cyclic esters (lactones) is 1. The summed E-state index contributed by atoms with van der Waals surface area (Å²) in [6.07, 6.45) is -0.468. The van der Waals surface area contributed by atoms with Crippen LogP contribution in [0.4, 0.5) is 20.6 Å². The summed E-state index contributed by atoms with van der Waals surface area (Å²) in [5.74, 6) is -0.660. The fourth-order valence-corrected chi connectivity index (χ4v) is 3.25. The van der Waals surface area contributed by atoms with Crippen LogP contribution in [-0.2, 0) is 14.8 Å². The van der Waals surface area contributed by atoms with Crippen LogP contribution in [0.3, 0.4) is 0 Å². The predicted molar refractivity (Wildman–Crippen MR) is 82.3 cm³/mol. The summed E-state index contributed by atoms with van der Waals surface area (Å²) < 4.78 is 45.1. The monoisotopic (exact) mass is 336 g/mol. The fourth-order valence-electron chi connectivity index (χ4n) is 2.18. The quantitative estimate of drug-likeness (QED) is 0.931. The Kier molecular flexibility index (Phi) is 3.91. The number of nitrogens with one attached hydrogen (secondary N) is 1. The molecule has 1 heterocycles. The summed E-state index contributed by atoms with van der Waals surface area (Å²) >= 11 is 0. The maximum absolute atomic E-state index is 13.6. The Morgan fingerprint density at radius 1 is 1.09 bits per heavy atom. The summed E-state index contributed by atoms with van der Waals surface area (Å²) in [6.45, 7) is 0.714. The number of halogens is 1. The molecule has 0 unspecified atom stereocenters. The van der Waals surface area contributed by atoms with Gasteiger partial charge < -0.3 is 4.74 Å². The lowest BCUT2D eigenvalue weighted by Crippen LogP contribution is -2.23. The normalized spacial score (nSPS) is 14.7. The lowest BCUT2D eigenvalue weighted by Gasteiger charge is -2.13. The van der Waals surface area contributed by atoms with Crippen LogP contribution in [0.5, 0.6) is 0 Å². The molecule has 1 fully saturated rings. The van der Waals surface area contributed by atoms with Crippen molar-refractivity contribution < 1.29 is 22.3 Å². The molecule has 0 saturated carbocycles. The zero-order valence-corrected chi connectivity index (χ0v) is 12.7. The molecule has 2 aromatic rings. The number of amides is 1. The second kappa shape index (κ2) is 5.88. The van der Waals surface area contributed by atoms with E-state index in [1.807, 2.05) is 0 Å². The lowest BCUT2D eigenvalue weighted by atomic mass is 10.3. The van der Waals surface area contributed by atoms with Gasteiger partial charge in [-0.25, -0.2) is 17.6 Å². The molecule has 1 N–H and O–H groups in total. The third-order valence-corrected chi connectivity index (χ3v) is 4.72. The molecule has 1 saturated heterocycles. The van der Waals surface area contributed by atoms with E-state index < -0.39 is 21.9 Å². The molecular weight excluding hydrogens is 323 g/mol. The molecule has 23 heavy (non-hydrogen) atoms. The maximum Gasteiger partial charge on any atom is 0.414 e. The Hall–Kier alpha value is -2.61. The van der Waals surface area contributed by atoms with Crippen molar-refractivity contribution in [1.82, 2.24) is 0 Å². The van der Waals surface area contributed by atoms with Gasteiger partial charge in [0.1, 0.15) is 12.4 Å². The van der Waals surface area contributed by atoms with E-state index in [-0.39, 0.29) is 10.6 Å².